The molecule has 1 fully saturated rings. The van der Waals surface area contributed by atoms with Gasteiger partial charge in [0.15, 0.2) is 11.5 Å². The maximum atomic E-state index is 12.7. The van der Waals surface area contributed by atoms with Crippen LogP contribution in [0.15, 0.2) is 48.7 Å². The molecule has 1 aromatic carbocycles. The molecule has 1 atom stereocenters. The second kappa shape index (κ2) is 9.80. The highest BCUT2D eigenvalue weighted by molar-refractivity contribution is 5.76. The molecule has 1 aromatic heterocycles. The van der Waals surface area contributed by atoms with Crippen LogP contribution in [0, 0.1) is 0 Å². The number of pyridine rings is 1. The van der Waals surface area contributed by atoms with Crippen molar-refractivity contribution in [2.75, 3.05) is 57.3 Å². The van der Waals surface area contributed by atoms with Crippen molar-refractivity contribution in [2.24, 2.45) is 0 Å². The number of ether oxygens (including phenoxy) is 2. The molecule has 0 N–H and O–H groups in total. The van der Waals surface area contributed by atoms with Crippen molar-refractivity contribution in [1.82, 2.24) is 14.8 Å². The Morgan fingerprint density at radius 3 is 2.60 bits per heavy atom. The first-order chi connectivity index (χ1) is 14.7. The summed E-state index contributed by atoms with van der Waals surface area (Å²) in [5.41, 5.74) is 0. The Balaban J connectivity index is 1.21. The molecule has 2 aliphatic heterocycles. The molecule has 2 aromatic rings. The molecule has 0 aliphatic carbocycles. The van der Waals surface area contributed by atoms with E-state index < -0.39 is 0 Å². The molecular weight excluding hydrogens is 380 g/mol. The Bertz CT molecular complexity index is 824. The number of fused-ring (bicyclic) bond motifs is 1. The number of likely N-dealkylation sites (N-methyl/N-ethyl adjacent to an activating group) is 1. The number of amides is 1. The predicted molar refractivity (Wildman–Crippen MR) is 116 cm³/mol. The van der Waals surface area contributed by atoms with Gasteiger partial charge >= 0.3 is 0 Å². The number of para-hydroxylation sites is 2. The van der Waals surface area contributed by atoms with Gasteiger partial charge in [-0.3, -0.25) is 9.69 Å². The first-order valence-corrected chi connectivity index (χ1v) is 10.8. The summed E-state index contributed by atoms with van der Waals surface area (Å²) in [7, 11) is 0. The van der Waals surface area contributed by atoms with Gasteiger partial charge in [-0.2, -0.15) is 0 Å². The van der Waals surface area contributed by atoms with Gasteiger partial charge in [-0.05, 0) is 30.8 Å². The third-order valence-corrected chi connectivity index (χ3v) is 5.72. The van der Waals surface area contributed by atoms with Crippen LogP contribution in [0.3, 0.4) is 0 Å². The fraction of sp³-hybridized carbons (Fsp3) is 0.478. The maximum Gasteiger partial charge on any atom is 0.223 e. The van der Waals surface area contributed by atoms with Gasteiger partial charge in [0.25, 0.3) is 0 Å². The van der Waals surface area contributed by atoms with Crippen LogP contribution >= 0.6 is 0 Å². The summed E-state index contributed by atoms with van der Waals surface area (Å²) in [4.78, 5) is 23.6. The summed E-state index contributed by atoms with van der Waals surface area (Å²) in [5, 5.41) is 0. The molecular formula is C23H30N4O3. The molecule has 4 rings (SSSR count). The second-order valence-electron chi connectivity index (χ2n) is 7.70. The van der Waals surface area contributed by atoms with Gasteiger partial charge < -0.3 is 19.3 Å². The number of aromatic nitrogens is 1. The summed E-state index contributed by atoms with van der Waals surface area (Å²) in [6, 6.07) is 13.7. The highest BCUT2D eigenvalue weighted by Gasteiger charge is 2.25. The van der Waals surface area contributed by atoms with Crippen molar-refractivity contribution in [1.29, 1.82) is 0 Å². The number of rotatable bonds is 7. The average molecular weight is 411 g/mol. The topological polar surface area (TPSA) is 58.1 Å². The molecule has 2 aliphatic rings. The molecule has 0 bridgehead atoms. The first-order valence-electron chi connectivity index (χ1n) is 10.8. The van der Waals surface area contributed by atoms with Gasteiger partial charge in [0, 0.05) is 51.9 Å². The molecule has 7 nitrogen and oxygen atoms in total. The van der Waals surface area contributed by atoms with Crippen LogP contribution < -0.4 is 14.4 Å². The number of benzene rings is 1. The normalized spacial score (nSPS) is 18.5. The molecule has 7 heteroatoms. The standard InChI is InChI=1S/C23H30N4O3/c1-2-25(17-19-18-29-20-7-3-4-8-21(20)30-19)12-10-23(28)27-15-13-26(14-16-27)22-9-5-6-11-24-22/h3-9,11,19H,2,10,12-18H2,1H3. The van der Waals surface area contributed by atoms with Gasteiger partial charge in [0.1, 0.15) is 18.5 Å². The van der Waals surface area contributed by atoms with Gasteiger partial charge in [-0.15, -0.1) is 0 Å². The van der Waals surface area contributed by atoms with Crippen LogP contribution in [0.1, 0.15) is 13.3 Å². The molecule has 160 valence electrons. The smallest absolute Gasteiger partial charge is 0.223 e. The summed E-state index contributed by atoms with van der Waals surface area (Å²) < 4.78 is 11.9. The van der Waals surface area contributed by atoms with Crippen molar-refractivity contribution in [2.45, 2.75) is 19.4 Å². The number of nitrogens with zero attached hydrogens (tertiary/aromatic N) is 4. The van der Waals surface area contributed by atoms with E-state index in [9.17, 15) is 4.79 Å². The molecule has 0 spiro atoms. The molecule has 3 heterocycles. The molecule has 1 amide bonds. The lowest BCUT2D eigenvalue weighted by molar-refractivity contribution is -0.131. The molecule has 1 unspecified atom stereocenters. The molecule has 1 saturated heterocycles. The fourth-order valence-electron chi connectivity index (χ4n) is 3.96. The van der Waals surface area contributed by atoms with Crippen molar-refractivity contribution in [3.8, 4) is 11.5 Å². The minimum Gasteiger partial charge on any atom is -0.486 e. The lowest BCUT2D eigenvalue weighted by Gasteiger charge is -2.36. The Kier molecular flexibility index (Phi) is 6.69. The Hall–Kier alpha value is -2.80. The van der Waals surface area contributed by atoms with E-state index >= 15 is 0 Å². The van der Waals surface area contributed by atoms with E-state index in [1.165, 1.54) is 0 Å². The average Bonchev–Trinajstić information content (AvgIpc) is 2.82. The summed E-state index contributed by atoms with van der Waals surface area (Å²) >= 11 is 0. The monoisotopic (exact) mass is 410 g/mol. The minimum atomic E-state index is -0.0168. The number of hydrogen-bond acceptors (Lipinski definition) is 6. The third-order valence-electron chi connectivity index (χ3n) is 5.72. The van der Waals surface area contributed by atoms with Crippen LogP contribution in [0.4, 0.5) is 5.82 Å². The van der Waals surface area contributed by atoms with Gasteiger partial charge in [-0.1, -0.05) is 25.1 Å². The lowest BCUT2D eigenvalue weighted by Crippen LogP contribution is -2.49. The van der Waals surface area contributed by atoms with Crippen LogP contribution in [0.25, 0.3) is 0 Å². The SMILES string of the molecule is CCN(CCC(=O)N1CCN(c2ccccn2)CC1)CC1COc2ccccc2O1. The van der Waals surface area contributed by atoms with Crippen LogP contribution in [-0.4, -0.2) is 79.2 Å². The quantitative estimate of drug-likeness (QED) is 0.698. The van der Waals surface area contributed by atoms with E-state index in [0.29, 0.717) is 13.0 Å². The number of carbonyl (C=O) groups excluding carboxylic acids is 1. The zero-order chi connectivity index (χ0) is 20.8. The highest BCUT2D eigenvalue weighted by Crippen LogP contribution is 2.31. The minimum absolute atomic E-state index is 0.0168. The zero-order valence-electron chi connectivity index (χ0n) is 17.6. The number of carbonyl (C=O) groups is 1. The van der Waals surface area contributed by atoms with Crippen molar-refractivity contribution in [3.63, 3.8) is 0 Å². The molecule has 0 saturated carbocycles. The fourth-order valence-corrected chi connectivity index (χ4v) is 3.96. The lowest BCUT2D eigenvalue weighted by atomic mass is 10.2. The Morgan fingerprint density at radius 1 is 1.10 bits per heavy atom. The summed E-state index contributed by atoms with van der Waals surface area (Å²) in [6.07, 6.45) is 2.32. The van der Waals surface area contributed by atoms with Crippen molar-refractivity contribution in [3.05, 3.63) is 48.7 Å². The number of hydrogen-bond donors (Lipinski definition) is 0. The number of piperazine rings is 1. The van der Waals surface area contributed by atoms with E-state index in [1.807, 2.05) is 53.6 Å². The summed E-state index contributed by atoms with van der Waals surface area (Å²) in [6.45, 7) is 8.17. The Morgan fingerprint density at radius 2 is 1.87 bits per heavy atom. The predicted octanol–water partition coefficient (Wildman–Crippen LogP) is 2.28. The number of anilines is 1. The molecule has 0 radical (unpaired) electrons. The van der Waals surface area contributed by atoms with Gasteiger partial charge in [0.2, 0.25) is 5.91 Å². The van der Waals surface area contributed by atoms with Crippen LogP contribution in [0.2, 0.25) is 0 Å². The van der Waals surface area contributed by atoms with Crippen molar-refractivity contribution >= 4 is 11.7 Å². The maximum absolute atomic E-state index is 12.7. The van der Waals surface area contributed by atoms with Crippen LogP contribution in [0.5, 0.6) is 11.5 Å². The Labute approximate surface area is 178 Å². The van der Waals surface area contributed by atoms with E-state index in [2.05, 4.69) is 21.7 Å². The van der Waals surface area contributed by atoms with Gasteiger partial charge in [0.05, 0.1) is 0 Å². The van der Waals surface area contributed by atoms with Crippen LogP contribution in [-0.2, 0) is 4.79 Å². The van der Waals surface area contributed by atoms with Crippen molar-refractivity contribution < 1.29 is 14.3 Å². The second-order valence-corrected chi connectivity index (χ2v) is 7.70. The van der Waals surface area contributed by atoms with E-state index in [0.717, 1.165) is 63.1 Å². The third kappa shape index (κ3) is 5.02. The zero-order valence-corrected chi connectivity index (χ0v) is 17.6. The van der Waals surface area contributed by atoms with E-state index in [-0.39, 0.29) is 12.0 Å². The van der Waals surface area contributed by atoms with Gasteiger partial charge in [-0.25, -0.2) is 4.98 Å². The first kappa shape index (κ1) is 20.5. The highest BCUT2D eigenvalue weighted by atomic mass is 16.6. The molecule has 30 heavy (non-hydrogen) atoms. The van der Waals surface area contributed by atoms with E-state index in [1.54, 1.807) is 0 Å². The largest absolute Gasteiger partial charge is 0.486 e. The summed E-state index contributed by atoms with van der Waals surface area (Å²) in [5.74, 6) is 2.81. The van der Waals surface area contributed by atoms with E-state index in [4.69, 9.17) is 9.47 Å².